The average Bonchev–Trinajstić information content (AvgIpc) is 2.89. The van der Waals surface area contributed by atoms with Gasteiger partial charge in [-0.3, -0.25) is 0 Å². The Morgan fingerprint density at radius 3 is 1.65 bits per heavy atom. The normalized spacial score (nSPS) is 11.4. The first-order valence-corrected chi connectivity index (χ1v) is 6.29. The van der Waals surface area contributed by atoms with Gasteiger partial charge in [0.1, 0.15) is 48.3 Å². The van der Waals surface area contributed by atoms with Crippen LogP contribution in [-0.2, 0) is 0 Å². The molecule has 3 aromatic rings. The van der Waals surface area contributed by atoms with E-state index >= 15 is 0 Å². The summed E-state index contributed by atoms with van der Waals surface area (Å²) >= 11 is 0. The zero-order valence-corrected chi connectivity index (χ0v) is 11.5. The van der Waals surface area contributed by atoms with Crippen LogP contribution in [0.1, 0.15) is 0 Å². The van der Waals surface area contributed by atoms with Crippen LogP contribution < -0.4 is 27.3 Å². The second-order valence-corrected chi connectivity index (χ2v) is 5.00. The van der Waals surface area contributed by atoms with Gasteiger partial charge in [0.15, 0.2) is 11.5 Å². The van der Waals surface area contributed by atoms with E-state index in [9.17, 15) is 25.4 Å². The van der Waals surface area contributed by atoms with Crippen molar-refractivity contribution < 1.29 is 29.8 Å². The number of rotatable bonds is 1. The van der Waals surface area contributed by atoms with Crippen molar-refractivity contribution in [1.29, 1.82) is 0 Å². The van der Waals surface area contributed by atoms with Crippen LogP contribution in [0.15, 0.2) is 4.42 Å². The van der Waals surface area contributed by atoms with E-state index in [1.54, 1.807) is 0 Å². The largest absolute Gasteiger partial charge is 0.508 e. The molecule has 0 aliphatic rings. The van der Waals surface area contributed by atoms with Gasteiger partial charge in [0.25, 0.3) is 0 Å². The molecule has 5 N–H and O–H groups in total. The zero-order chi connectivity index (χ0) is 17.2. The highest BCUT2D eigenvalue weighted by atomic mass is 16.4. The van der Waals surface area contributed by atoms with Crippen LogP contribution in [0.25, 0.3) is 21.9 Å². The molecule has 0 fully saturated rings. The molecule has 2 aromatic carbocycles. The van der Waals surface area contributed by atoms with Crippen molar-refractivity contribution in [3.63, 3.8) is 0 Å². The van der Waals surface area contributed by atoms with E-state index in [4.69, 9.17) is 35.8 Å². The first-order chi connectivity index (χ1) is 10.7. The maximum atomic E-state index is 10.3. The van der Waals surface area contributed by atoms with Crippen LogP contribution in [0, 0.1) is 0 Å². The number of furan rings is 1. The van der Waals surface area contributed by atoms with Crippen molar-refractivity contribution in [2.75, 3.05) is 0 Å². The first-order valence-electron chi connectivity index (χ1n) is 6.29. The molecule has 0 saturated heterocycles. The van der Waals surface area contributed by atoms with Crippen LogP contribution in [-0.4, -0.2) is 63.9 Å². The molecule has 6 nitrogen and oxygen atoms in total. The molecule has 3 rings (SSSR count). The lowest BCUT2D eigenvalue weighted by atomic mass is 9.65. The molecule has 0 amide bonds. The molecule has 8 radical (unpaired) electrons. The van der Waals surface area contributed by atoms with Gasteiger partial charge >= 0.3 is 7.12 Å². The fraction of sp³-hybridized carbons (Fsp3) is 0. The van der Waals surface area contributed by atoms with Gasteiger partial charge in [-0.1, -0.05) is 21.9 Å². The lowest BCUT2D eigenvalue weighted by Crippen LogP contribution is -2.48. The van der Waals surface area contributed by atoms with Gasteiger partial charge in [-0.05, 0) is 0 Å². The molecule has 23 heavy (non-hydrogen) atoms. The number of phenolic OH excluding ortho intramolecular Hbond substituents is 3. The minimum absolute atomic E-state index is 0.140. The third kappa shape index (κ3) is 1.90. The smallest absolute Gasteiger partial charge is 0.491 e. The maximum Gasteiger partial charge on any atom is 0.491 e. The van der Waals surface area contributed by atoms with Crippen molar-refractivity contribution in [1.82, 2.24) is 0 Å². The SMILES string of the molecule is [B]c1c(O)c(O)c2c(oc3c([B])c([B])c(B(O)O)c(O)c32)c1[B]. The predicted molar refractivity (Wildman–Crippen MR) is 90.1 cm³/mol. The molecule has 0 unspecified atom stereocenters. The van der Waals surface area contributed by atoms with E-state index in [1.165, 1.54) is 0 Å². The minimum Gasteiger partial charge on any atom is -0.508 e. The van der Waals surface area contributed by atoms with E-state index in [-0.39, 0.29) is 43.8 Å². The fourth-order valence-electron chi connectivity index (χ4n) is 2.55. The van der Waals surface area contributed by atoms with Crippen molar-refractivity contribution in [2.24, 2.45) is 0 Å². The summed E-state index contributed by atoms with van der Waals surface area (Å²) in [5.74, 6) is -2.10. The predicted octanol–water partition coefficient (Wildman–Crippen LogP) is -4.44. The Labute approximate surface area is 135 Å². The molecule has 0 spiro atoms. The highest BCUT2D eigenvalue weighted by Crippen LogP contribution is 2.40. The third-order valence-electron chi connectivity index (χ3n) is 3.73. The third-order valence-corrected chi connectivity index (χ3v) is 3.73. The molecule has 1 aromatic heterocycles. The molecular weight excluding hydrogens is 294 g/mol. The summed E-state index contributed by atoms with van der Waals surface area (Å²) in [6.07, 6.45) is 0. The van der Waals surface area contributed by atoms with Crippen molar-refractivity contribution in [3.8, 4) is 17.2 Å². The number of fused-ring (bicyclic) bond motifs is 3. The van der Waals surface area contributed by atoms with E-state index in [1.807, 2.05) is 0 Å². The van der Waals surface area contributed by atoms with Crippen molar-refractivity contribution in [2.45, 2.75) is 0 Å². The molecule has 1 heterocycles. The van der Waals surface area contributed by atoms with Crippen LogP contribution >= 0.6 is 0 Å². The number of phenols is 3. The standard InChI is InChI=1S/C12H5B5O6/c13-3-5(15)11-1(8(18)7(3)17(21)22)2-9(19)10(20)4(14)6(16)12(2)23-11/h18-22H. The summed E-state index contributed by atoms with van der Waals surface area (Å²) in [6.45, 7) is 0. The molecule has 0 aliphatic carbocycles. The summed E-state index contributed by atoms with van der Waals surface area (Å²) in [5.41, 5.74) is -1.76. The molecule has 0 atom stereocenters. The topological polar surface area (TPSA) is 114 Å². The number of hydrogen-bond acceptors (Lipinski definition) is 6. The van der Waals surface area contributed by atoms with Gasteiger partial charge in [-0.25, -0.2) is 0 Å². The Balaban J connectivity index is 2.69. The van der Waals surface area contributed by atoms with E-state index in [0.717, 1.165) is 0 Å². The van der Waals surface area contributed by atoms with Gasteiger partial charge in [0.2, 0.25) is 0 Å². The van der Waals surface area contributed by atoms with Gasteiger partial charge in [0.05, 0.1) is 10.8 Å². The summed E-state index contributed by atoms with van der Waals surface area (Å²) in [5, 5.41) is 48.6. The Hall–Kier alpha value is -2.12. The molecule has 104 valence electrons. The van der Waals surface area contributed by atoms with E-state index < -0.39 is 29.8 Å². The van der Waals surface area contributed by atoms with Crippen LogP contribution in [0.5, 0.6) is 17.2 Å². The van der Waals surface area contributed by atoms with Gasteiger partial charge in [0, 0.05) is 5.46 Å². The van der Waals surface area contributed by atoms with E-state index in [0.29, 0.717) is 0 Å². The quantitative estimate of drug-likeness (QED) is 0.229. The highest BCUT2D eigenvalue weighted by molar-refractivity contribution is 6.70. The minimum atomic E-state index is -2.13. The number of benzene rings is 2. The average molecular weight is 299 g/mol. The lowest BCUT2D eigenvalue weighted by molar-refractivity contribution is 0.411. The van der Waals surface area contributed by atoms with E-state index in [2.05, 4.69) is 0 Å². The maximum absolute atomic E-state index is 10.3. The first kappa shape index (κ1) is 15.8. The van der Waals surface area contributed by atoms with Gasteiger partial charge < -0.3 is 29.8 Å². The van der Waals surface area contributed by atoms with Crippen LogP contribution in [0.4, 0.5) is 0 Å². The Morgan fingerprint density at radius 2 is 1.13 bits per heavy atom. The van der Waals surface area contributed by atoms with Gasteiger partial charge in [-0.2, -0.15) is 0 Å². The summed E-state index contributed by atoms with van der Waals surface area (Å²) < 4.78 is 5.42. The second-order valence-electron chi connectivity index (χ2n) is 5.00. The molecule has 0 aliphatic heterocycles. The fourth-order valence-corrected chi connectivity index (χ4v) is 2.55. The zero-order valence-electron chi connectivity index (χ0n) is 11.5. The highest BCUT2D eigenvalue weighted by Gasteiger charge is 2.28. The number of aromatic hydroxyl groups is 3. The summed E-state index contributed by atoms with van der Waals surface area (Å²) in [7, 11) is 20.6. The Bertz CT molecular complexity index is 980. The summed E-state index contributed by atoms with van der Waals surface area (Å²) in [4.78, 5) is 0. The van der Waals surface area contributed by atoms with Crippen LogP contribution in [0.3, 0.4) is 0 Å². The molecule has 0 bridgehead atoms. The second kappa shape index (κ2) is 4.94. The Morgan fingerprint density at radius 1 is 0.652 bits per heavy atom. The molecule has 0 saturated carbocycles. The lowest BCUT2D eigenvalue weighted by Gasteiger charge is -2.13. The molecular formula is C12H5B5O6. The monoisotopic (exact) mass is 300 g/mol. The Kier molecular flexibility index (Phi) is 3.39. The summed E-state index contributed by atoms with van der Waals surface area (Å²) in [6, 6.07) is 0. The van der Waals surface area contributed by atoms with Crippen LogP contribution in [0.2, 0.25) is 0 Å². The van der Waals surface area contributed by atoms with Crippen molar-refractivity contribution in [3.05, 3.63) is 0 Å². The molecule has 11 heteroatoms. The van der Waals surface area contributed by atoms with Crippen molar-refractivity contribution >= 4 is 87.8 Å². The number of hydrogen-bond donors (Lipinski definition) is 5. The van der Waals surface area contributed by atoms with Gasteiger partial charge in [-0.15, -0.1) is 0 Å².